The minimum Gasteiger partial charge on any atom is -0.355 e. The number of imide groups is 1. The van der Waals surface area contributed by atoms with E-state index >= 15 is 0 Å². The molecule has 1 aliphatic heterocycles. The van der Waals surface area contributed by atoms with E-state index in [4.69, 9.17) is 0 Å². The molecule has 2 heterocycles. The van der Waals surface area contributed by atoms with E-state index in [2.05, 4.69) is 24.1 Å². The molecule has 0 saturated carbocycles. The van der Waals surface area contributed by atoms with Gasteiger partial charge in [0.05, 0.1) is 12.2 Å². The maximum Gasteiger partial charge on any atom is 0.325 e. The molecule has 0 unspecified atom stereocenters. The molecule has 1 aliphatic rings. The second-order valence-corrected chi connectivity index (χ2v) is 7.69. The van der Waals surface area contributed by atoms with E-state index in [1.807, 2.05) is 0 Å². The molecule has 1 aromatic rings. The van der Waals surface area contributed by atoms with Crippen molar-refractivity contribution in [3.63, 3.8) is 0 Å². The molecule has 3 amide bonds. The van der Waals surface area contributed by atoms with Crippen molar-refractivity contribution in [1.82, 2.24) is 15.2 Å². The fraction of sp³-hybridized carbons (Fsp3) is 0.579. The van der Waals surface area contributed by atoms with Crippen LogP contribution in [0.5, 0.6) is 0 Å². The summed E-state index contributed by atoms with van der Waals surface area (Å²) in [6, 6.07) is -0.553. The first-order valence-corrected chi connectivity index (χ1v) is 8.85. The lowest BCUT2D eigenvalue weighted by atomic mass is 9.92. The van der Waals surface area contributed by atoms with Crippen LogP contribution in [0, 0.1) is 19.8 Å². The molecular weight excluding hydrogens is 334 g/mol. The van der Waals surface area contributed by atoms with Crippen molar-refractivity contribution < 1.29 is 19.2 Å². The topological polar surface area (TPSA) is 99.3 Å². The summed E-state index contributed by atoms with van der Waals surface area (Å²) in [6.07, 6.45) is 1.32. The van der Waals surface area contributed by atoms with Gasteiger partial charge in [-0.1, -0.05) is 13.8 Å². The Labute approximate surface area is 153 Å². The molecule has 0 spiro atoms. The van der Waals surface area contributed by atoms with Gasteiger partial charge in [-0.2, -0.15) is 0 Å². The lowest BCUT2D eigenvalue weighted by Crippen LogP contribution is -2.44. The van der Waals surface area contributed by atoms with E-state index in [1.54, 1.807) is 20.8 Å². The van der Waals surface area contributed by atoms with Crippen molar-refractivity contribution in [1.29, 1.82) is 0 Å². The SMILES string of the molecule is CC(=O)c1c(C)[nH]c(C(=O)CN2C(=O)N[C@](C)(CCC(C)C)C2=O)c1C. The van der Waals surface area contributed by atoms with Crippen LogP contribution >= 0.6 is 0 Å². The van der Waals surface area contributed by atoms with Gasteiger partial charge in [-0.3, -0.25) is 19.3 Å². The van der Waals surface area contributed by atoms with Crippen LogP contribution in [0.2, 0.25) is 0 Å². The summed E-state index contributed by atoms with van der Waals surface area (Å²) in [5, 5.41) is 2.71. The first kappa shape index (κ1) is 19.9. The van der Waals surface area contributed by atoms with Gasteiger partial charge in [0.25, 0.3) is 5.91 Å². The Morgan fingerprint density at radius 2 is 1.81 bits per heavy atom. The number of amides is 3. The van der Waals surface area contributed by atoms with Gasteiger partial charge in [0.15, 0.2) is 11.6 Å². The highest BCUT2D eigenvalue weighted by Gasteiger charge is 2.48. The van der Waals surface area contributed by atoms with Crippen LogP contribution < -0.4 is 5.32 Å². The van der Waals surface area contributed by atoms with Gasteiger partial charge in [-0.05, 0) is 52.0 Å². The molecule has 26 heavy (non-hydrogen) atoms. The van der Waals surface area contributed by atoms with Gasteiger partial charge in [-0.15, -0.1) is 0 Å². The summed E-state index contributed by atoms with van der Waals surface area (Å²) in [4.78, 5) is 53.2. The summed E-state index contributed by atoms with van der Waals surface area (Å²) in [7, 11) is 0. The number of carbonyl (C=O) groups excluding carboxylic acids is 4. The van der Waals surface area contributed by atoms with Gasteiger partial charge in [0.2, 0.25) is 0 Å². The predicted octanol–water partition coefficient (Wildman–Crippen LogP) is 2.76. The highest BCUT2D eigenvalue weighted by atomic mass is 16.2. The summed E-state index contributed by atoms with van der Waals surface area (Å²) in [6.45, 7) is 10.3. The highest BCUT2D eigenvalue weighted by molar-refractivity contribution is 6.11. The minimum atomic E-state index is -0.979. The van der Waals surface area contributed by atoms with Crippen LogP contribution in [0.15, 0.2) is 0 Å². The smallest absolute Gasteiger partial charge is 0.325 e. The fourth-order valence-electron chi connectivity index (χ4n) is 3.42. The summed E-state index contributed by atoms with van der Waals surface area (Å²) >= 11 is 0. The Morgan fingerprint density at radius 3 is 2.31 bits per heavy atom. The Balaban J connectivity index is 2.19. The first-order chi connectivity index (χ1) is 12.0. The Hall–Kier alpha value is -2.44. The second-order valence-electron chi connectivity index (χ2n) is 7.69. The number of carbonyl (C=O) groups is 4. The van der Waals surface area contributed by atoms with Crippen LogP contribution in [-0.4, -0.2) is 45.5 Å². The number of hydrogen-bond donors (Lipinski definition) is 2. The maximum atomic E-state index is 12.7. The molecule has 0 bridgehead atoms. The fourth-order valence-corrected chi connectivity index (χ4v) is 3.42. The van der Waals surface area contributed by atoms with E-state index in [1.165, 1.54) is 6.92 Å². The standard InChI is InChI=1S/C19H27N3O4/c1-10(2)7-8-19(6)17(25)22(18(26)21-19)9-14(24)16-11(3)15(13(5)23)12(4)20-16/h10,20H,7-9H2,1-6H3,(H,21,26)/t19-/m1/s1. The number of nitrogens with one attached hydrogen (secondary N) is 2. The van der Waals surface area contributed by atoms with Crippen LogP contribution in [-0.2, 0) is 4.79 Å². The molecule has 142 valence electrons. The molecular formula is C19H27N3O4. The zero-order valence-electron chi connectivity index (χ0n) is 16.3. The Morgan fingerprint density at radius 1 is 1.19 bits per heavy atom. The van der Waals surface area contributed by atoms with Crippen molar-refractivity contribution in [2.75, 3.05) is 6.54 Å². The van der Waals surface area contributed by atoms with E-state index in [0.717, 1.165) is 11.3 Å². The van der Waals surface area contributed by atoms with Gasteiger partial charge < -0.3 is 10.3 Å². The summed E-state index contributed by atoms with van der Waals surface area (Å²) < 4.78 is 0. The number of rotatable bonds is 7. The number of Topliss-reactive ketones (excluding diaryl/α,β-unsaturated/α-hetero) is 2. The zero-order chi connectivity index (χ0) is 19.8. The van der Waals surface area contributed by atoms with E-state index in [0.29, 0.717) is 29.2 Å². The number of aromatic nitrogens is 1. The van der Waals surface area contributed by atoms with Crippen molar-refractivity contribution in [3.8, 4) is 0 Å². The lowest BCUT2D eigenvalue weighted by Gasteiger charge is -2.22. The number of ketones is 2. The van der Waals surface area contributed by atoms with Gasteiger partial charge in [0.1, 0.15) is 5.54 Å². The van der Waals surface area contributed by atoms with Crippen LogP contribution in [0.4, 0.5) is 4.79 Å². The molecule has 1 atom stereocenters. The molecule has 0 aromatic carbocycles. The molecule has 7 nitrogen and oxygen atoms in total. The second kappa shape index (κ2) is 7.05. The zero-order valence-corrected chi connectivity index (χ0v) is 16.3. The Bertz CT molecular complexity index is 778. The number of urea groups is 1. The number of H-pyrrole nitrogens is 1. The average Bonchev–Trinajstić information content (AvgIpc) is 2.94. The van der Waals surface area contributed by atoms with Crippen LogP contribution in [0.25, 0.3) is 0 Å². The largest absolute Gasteiger partial charge is 0.355 e. The summed E-state index contributed by atoms with van der Waals surface area (Å²) in [5.41, 5.74) is 0.927. The van der Waals surface area contributed by atoms with Crippen molar-refractivity contribution in [2.24, 2.45) is 5.92 Å². The molecule has 1 fully saturated rings. The normalized spacial score (nSPS) is 20.0. The van der Waals surface area contributed by atoms with Crippen LogP contribution in [0.3, 0.4) is 0 Å². The van der Waals surface area contributed by atoms with Gasteiger partial charge >= 0.3 is 6.03 Å². The molecule has 0 radical (unpaired) electrons. The third-order valence-corrected chi connectivity index (χ3v) is 4.94. The number of hydrogen-bond acceptors (Lipinski definition) is 4. The number of aryl methyl sites for hydroxylation is 1. The van der Waals surface area contributed by atoms with Crippen molar-refractivity contribution >= 4 is 23.5 Å². The minimum absolute atomic E-state index is 0.133. The van der Waals surface area contributed by atoms with Crippen LogP contribution in [0.1, 0.15) is 72.6 Å². The molecule has 1 saturated heterocycles. The van der Waals surface area contributed by atoms with Crippen molar-refractivity contribution in [2.45, 2.75) is 59.9 Å². The summed E-state index contributed by atoms with van der Waals surface area (Å²) in [5.74, 6) is -0.507. The maximum absolute atomic E-state index is 12.7. The molecule has 7 heteroatoms. The molecule has 0 aliphatic carbocycles. The van der Waals surface area contributed by atoms with Crippen molar-refractivity contribution in [3.05, 3.63) is 22.5 Å². The number of aromatic amines is 1. The highest BCUT2D eigenvalue weighted by Crippen LogP contribution is 2.26. The van der Waals surface area contributed by atoms with E-state index in [-0.39, 0.29) is 23.9 Å². The Kier molecular flexibility index (Phi) is 5.39. The first-order valence-electron chi connectivity index (χ1n) is 8.85. The van der Waals surface area contributed by atoms with Gasteiger partial charge in [-0.25, -0.2) is 4.79 Å². The van der Waals surface area contributed by atoms with E-state index < -0.39 is 17.4 Å². The molecule has 2 N–H and O–H groups in total. The third kappa shape index (κ3) is 3.57. The average molecular weight is 361 g/mol. The monoisotopic (exact) mass is 361 g/mol. The third-order valence-electron chi connectivity index (χ3n) is 4.94. The molecule has 1 aromatic heterocycles. The van der Waals surface area contributed by atoms with Gasteiger partial charge in [0, 0.05) is 11.3 Å². The quantitative estimate of drug-likeness (QED) is 0.576. The predicted molar refractivity (Wildman–Crippen MR) is 97.3 cm³/mol. The molecule has 2 rings (SSSR count). The lowest BCUT2D eigenvalue weighted by molar-refractivity contribution is -0.130. The van der Waals surface area contributed by atoms with E-state index in [9.17, 15) is 19.2 Å². The number of nitrogens with zero attached hydrogens (tertiary/aromatic N) is 1.